The van der Waals surface area contributed by atoms with E-state index in [1.54, 1.807) is 48.2 Å². The highest BCUT2D eigenvalue weighted by atomic mass is 35.5. The van der Waals surface area contributed by atoms with E-state index in [2.05, 4.69) is 29.6 Å². The molecule has 7 heteroatoms. The second-order valence-electron chi connectivity index (χ2n) is 6.04. The number of amides is 1. The maximum absolute atomic E-state index is 12.5. The van der Waals surface area contributed by atoms with Gasteiger partial charge < -0.3 is 9.73 Å². The van der Waals surface area contributed by atoms with Crippen molar-refractivity contribution in [3.8, 4) is 0 Å². The average molecular weight is 434 g/mol. The third kappa shape index (κ3) is 5.50. The number of carbonyl (C=O) groups excluding carboxylic acids is 1. The summed E-state index contributed by atoms with van der Waals surface area (Å²) >= 11 is 7.77. The van der Waals surface area contributed by atoms with Crippen LogP contribution in [0.3, 0.4) is 0 Å². The van der Waals surface area contributed by atoms with Crippen molar-refractivity contribution in [2.75, 3.05) is 12.8 Å². The van der Waals surface area contributed by atoms with E-state index in [0.717, 1.165) is 12.0 Å². The summed E-state index contributed by atoms with van der Waals surface area (Å²) in [6.07, 6.45) is 2.78. The summed E-state index contributed by atoms with van der Waals surface area (Å²) in [7, 11) is -1.34. The van der Waals surface area contributed by atoms with Gasteiger partial charge in [-0.1, -0.05) is 35.9 Å². The number of halogens is 1. The van der Waals surface area contributed by atoms with E-state index in [4.69, 9.17) is 16.0 Å². The van der Waals surface area contributed by atoms with Gasteiger partial charge in [-0.2, -0.15) is 0 Å². The summed E-state index contributed by atoms with van der Waals surface area (Å²) in [6.45, 7) is 0.513. The molecule has 0 radical (unpaired) electrons. The van der Waals surface area contributed by atoms with E-state index >= 15 is 0 Å². The average Bonchev–Trinajstić information content (AvgIpc) is 3.17. The molecular weight excluding hydrogens is 414 g/mol. The zero-order chi connectivity index (χ0) is 19.9. The molecule has 2 aromatic carbocycles. The first-order valence-corrected chi connectivity index (χ1v) is 11.6. The van der Waals surface area contributed by atoms with Crippen LogP contribution in [0.1, 0.15) is 21.9 Å². The Morgan fingerprint density at radius 2 is 1.86 bits per heavy atom. The molecule has 0 saturated heterocycles. The number of hydrogen-bond donors (Lipinski definition) is 1. The number of nitrogens with one attached hydrogen (secondary N) is 1. The first kappa shape index (κ1) is 20.7. The van der Waals surface area contributed by atoms with Crippen LogP contribution in [-0.2, 0) is 23.0 Å². The summed E-state index contributed by atoms with van der Waals surface area (Å²) in [5, 5.41) is 3.30. The molecule has 0 aliphatic carbocycles. The molecule has 0 unspecified atom stereocenters. The quantitative estimate of drug-likeness (QED) is 0.511. The number of carbonyl (C=O) groups is 1. The van der Waals surface area contributed by atoms with E-state index in [1.165, 1.54) is 4.90 Å². The molecule has 4 nitrogen and oxygen atoms in total. The summed E-state index contributed by atoms with van der Waals surface area (Å²) in [4.78, 5) is 14.0. The Morgan fingerprint density at radius 3 is 2.57 bits per heavy atom. The van der Waals surface area contributed by atoms with Crippen LogP contribution in [-0.4, -0.2) is 22.9 Å². The summed E-state index contributed by atoms with van der Waals surface area (Å²) in [5.41, 5.74) is 1.16. The van der Waals surface area contributed by atoms with Crippen LogP contribution in [0.4, 0.5) is 0 Å². The third-order valence-corrected chi connectivity index (χ3v) is 6.68. The van der Waals surface area contributed by atoms with Crippen molar-refractivity contribution in [3.05, 3.63) is 82.8 Å². The Kier molecular flexibility index (Phi) is 7.36. The Balaban J connectivity index is 1.52. The van der Waals surface area contributed by atoms with Gasteiger partial charge in [0.1, 0.15) is 5.76 Å². The fraction of sp³-hybridized carbons (Fsp3) is 0.190. The number of thioether (sulfide) groups is 1. The molecule has 3 rings (SSSR count). The molecule has 0 aliphatic heterocycles. The number of benzene rings is 2. The molecule has 3 aromatic rings. The zero-order valence-electron chi connectivity index (χ0n) is 15.3. The molecule has 146 valence electrons. The highest BCUT2D eigenvalue weighted by Crippen LogP contribution is 2.22. The SMILES string of the molecule is CSc1ccc(CCNC(=O)c2ccc(C[S@](=O)c3ccccc3Cl)o2)cc1. The van der Waals surface area contributed by atoms with Gasteiger partial charge in [-0.05, 0) is 54.6 Å². The van der Waals surface area contributed by atoms with Crippen molar-refractivity contribution in [1.29, 1.82) is 0 Å². The van der Waals surface area contributed by atoms with Crippen molar-refractivity contribution in [1.82, 2.24) is 5.32 Å². The van der Waals surface area contributed by atoms with Crippen LogP contribution in [0.25, 0.3) is 0 Å². The van der Waals surface area contributed by atoms with Gasteiger partial charge >= 0.3 is 0 Å². The van der Waals surface area contributed by atoms with E-state index in [1.807, 2.05) is 6.26 Å². The summed E-state index contributed by atoms with van der Waals surface area (Å²) in [5.74, 6) is 0.578. The lowest BCUT2D eigenvalue weighted by Crippen LogP contribution is -2.25. The van der Waals surface area contributed by atoms with Crippen molar-refractivity contribution >= 4 is 40.1 Å². The maximum Gasteiger partial charge on any atom is 0.287 e. The molecule has 1 atom stereocenters. The van der Waals surface area contributed by atoms with Crippen LogP contribution < -0.4 is 5.32 Å². The summed E-state index contributed by atoms with van der Waals surface area (Å²) in [6, 6.07) is 18.5. The molecule has 1 amide bonds. The van der Waals surface area contributed by atoms with Gasteiger partial charge in [-0.25, -0.2) is 0 Å². The monoisotopic (exact) mass is 433 g/mol. The fourth-order valence-corrected chi connectivity index (χ4v) is 4.50. The zero-order valence-corrected chi connectivity index (χ0v) is 17.7. The molecule has 1 N–H and O–H groups in total. The molecule has 1 heterocycles. The molecule has 28 heavy (non-hydrogen) atoms. The predicted molar refractivity (Wildman–Crippen MR) is 115 cm³/mol. The van der Waals surface area contributed by atoms with Crippen LogP contribution in [0.2, 0.25) is 5.02 Å². The smallest absolute Gasteiger partial charge is 0.287 e. The van der Waals surface area contributed by atoms with Gasteiger partial charge in [0.2, 0.25) is 0 Å². The number of rotatable bonds is 8. The predicted octanol–water partition coefficient (Wildman–Crippen LogP) is 4.94. The lowest BCUT2D eigenvalue weighted by atomic mass is 10.1. The Hall–Kier alpha value is -2.02. The van der Waals surface area contributed by atoms with Crippen molar-refractivity contribution in [3.63, 3.8) is 0 Å². The molecule has 0 aliphatic rings. The fourth-order valence-electron chi connectivity index (χ4n) is 2.61. The Labute approximate surface area is 176 Å². The van der Waals surface area contributed by atoms with Crippen LogP contribution in [0, 0.1) is 0 Å². The normalized spacial score (nSPS) is 11.9. The Bertz CT molecular complexity index is 970. The van der Waals surface area contributed by atoms with Crippen molar-refractivity contribution < 1.29 is 13.4 Å². The largest absolute Gasteiger partial charge is 0.455 e. The van der Waals surface area contributed by atoms with Crippen LogP contribution in [0.15, 0.2) is 74.9 Å². The minimum absolute atomic E-state index is 0.165. The van der Waals surface area contributed by atoms with Crippen LogP contribution >= 0.6 is 23.4 Å². The highest BCUT2D eigenvalue weighted by Gasteiger charge is 2.14. The Morgan fingerprint density at radius 1 is 1.11 bits per heavy atom. The highest BCUT2D eigenvalue weighted by molar-refractivity contribution is 7.98. The van der Waals surface area contributed by atoms with Gasteiger partial charge in [-0.15, -0.1) is 11.8 Å². The molecular formula is C21H20ClNO3S2. The van der Waals surface area contributed by atoms with Gasteiger partial charge in [0.25, 0.3) is 5.91 Å². The maximum atomic E-state index is 12.5. The standard InChI is InChI=1S/C21H20ClNO3S2/c1-27-17-9-6-15(7-10-17)12-13-23-21(24)19-11-8-16(26-19)14-28(25)20-5-3-2-4-18(20)22/h2-11H,12-14H2,1H3,(H,23,24)/t28-/m0/s1. The number of furan rings is 1. The van der Waals surface area contributed by atoms with E-state index in [-0.39, 0.29) is 17.4 Å². The van der Waals surface area contributed by atoms with Gasteiger partial charge in [0.15, 0.2) is 5.76 Å². The minimum Gasteiger partial charge on any atom is -0.455 e. The van der Waals surface area contributed by atoms with Gasteiger partial charge in [0.05, 0.1) is 26.5 Å². The molecule has 1 aromatic heterocycles. The molecule has 0 bridgehead atoms. The second-order valence-corrected chi connectivity index (χ2v) is 8.75. The summed E-state index contributed by atoms with van der Waals surface area (Å²) < 4.78 is 18.0. The van der Waals surface area contributed by atoms with Gasteiger partial charge in [-0.3, -0.25) is 9.00 Å². The van der Waals surface area contributed by atoms with E-state index < -0.39 is 10.8 Å². The van der Waals surface area contributed by atoms with E-state index in [9.17, 15) is 9.00 Å². The van der Waals surface area contributed by atoms with E-state index in [0.29, 0.717) is 22.2 Å². The number of hydrogen-bond acceptors (Lipinski definition) is 4. The van der Waals surface area contributed by atoms with Crippen LogP contribution in [0.5, 0.6) is 0 Å². The van der Waals surface area contributed by atoms with Crippen molar-refractivity contribution in [2.24, 2.45) is 0 Å². The van der Waals surface area contributed by atoms with Gasteiger partial charge in [0, 0.05) is 11.4 Å². The molecule has 0 spiro atoms. The topological polar surface area (TPSA) is 59.3 Å². The lowest BCUT2D eigenvalue weighted by Gasteiger charge is -2.05. The lowest BCUT2D eigenvalue weighted by molar-refractivity contribution is 0.0925. The molecule has 0 fully saturated rings. The first-order valence-electron chi connectivity index (χ1n) is 8.69. The first-order chi connectivity index (χ1) is 13.6. The minimum atomic E-state index is -1.34. The second kappa shape index (κ2) is 9.96. The third-order valence-electron chi connectivity index (χ3n) is 4.10. The van der Waals surface area contributed by atoms with Crippen molar-refractivity contribution in [2.45, 2.75) is 22.0 Å². The molecule has 0 saturated carbocycles.